The van der Waals surface area contributed by atoms with Crippen molar-refractivity contribution in [1.82, 2.24) is 10.4 Å². The van der Waals surface area contributed by atoms with Crippen molar-refractivity contribution < 1.29 is 14.4 Å². The van der Waals surface area contributed by atoms with Crippen molar-refractivity contribution in [2.75, 3.05) is 0 Å². The molecule has 0 aliphatic heterocycles. The highest BCUT2D eigenvalue weighted by molar-refractivity contribution is 5.87. The summed E-state index contributed by atoms with van der Waals surface area (Å²) in [5.74, 6) is -0.979. The van der Waals surface area contributed by atoms with Gasteiger partial charge in [-0.25, -0.2) is 0 Å². The van der Waals surface area contributed by atoms with Crippen LogP contribution in [0.5, 0.6) is 0 Å². The molecule has 0 unspecified atom stereocenters. The molecule has 0 spiro atoms. The summed E-state index contributed by atoms with van der Waals surface area (Å²) in [6.45, 7) is 2.38. The van der Waals surface area contributed by atoms with Crippen LogP contribution in [0.15, 0.2) is 0 Å². The third kappa shape index (κ3) is 2.81. The molecule has 3 amide bonds. The number of carbonyl (C=O) groups is 3. The van der Waals surface area contributed by atoms with Gasteiger partial charge >= 0.3 is 0 Å². The van der Waals surface area contributed by atoms with Crippen molar-refractivity contribution in [3.8, 4) is 0 Å². The van der Waals surface area contributed by atoms with Gasteiger partial charge in [0.15, 0.2) is 0 Å². The highest BCUT2D eigenvalue weighted by atomic mass is 16.2. The van der Waals surface area contributed by atoms with E-state index in [9.17, 15) is 14.4 Å². The van der Waals surface area contributed by atoms with Gasteiger partial charge in [0.1, 0.15) is 0 Å². The predicted octanol–water partition coefficient (Wildman–Crippen LogP) is -0.958. The molecule has 0 aliphatic rings. The summed E-state index contributed by atoms with van der Waals surface area (Å²) in [7, 11) is 0. The Labute approximate surface area is 58.0 Å². The number of nitrogens with one attached hydrogen (secondary N) is 1. The summed E-state index contributed by atoms with van der Waals surface area (Å²) < 4.78 is 0. The van der Waals surface area contributed by atoms with Gasteiger partial charge in [0.05, 0.1) is 0 Å². The van der Waals surface area contributed by atoms with E-state index in [1.165, 1.54) is 13.8 Å². The van der Waals surface area contributed by atoms with Crippen LogP contribution in [0.1, 0.15) is 13.8 Å². The van der Waals surface area contributed by atoms with E-state index in [-0.39, 0.29) is 6.41 Å². The monoisotopic (exact) mass is 144 g/mol. The van der Waals surface area contributed by atoms with Crippen LogP contribution >= 0.6 is 0 Å². The van der Waals surface area contributed by atoms with Crippen molar-refractivity contribution in [2.45, 2.75) is 13.8 Å². The van der Waals surface area contributed by atoms with Gasteiger partial charge in [0.25, 0.3) is 0 Å². The molecule has 0 bridgehead atoms. The Morgan fingerprint density at radius 3 is 2.00 bits per heavy atom. The van der Waals surface area contributed by atoms with E-state index in [1.807, 2.05) is 5.43 Å². The third-order valence-electron chi connectivity index (χ3n) is 0.723. The smallest absolute Gasteiger partial charge is 0.244 e. The van der Waals surface area contributed by atoms with Crippen LogP contribution in [-0.4, -0.2) is 23.2 Å². The average Bonchev–Trinajstić information content (AvgIpc) is 1.81. The molecule has 0 aromatic carbocycles. The van der Waals surface area contributed by atoms with Gasteiger partial charge in [0.2, 0.25) is 18.2 Å². The summed E-state index contributed by atoms with van der Waals surface area (Å²) in [6.07, 6.45) is 0.240. The second-order valence-corrected chi connectivity index (χ2v) is 1.66. The molecule has 1 N–H and O–H groups in total. The van der Waals surface area contributed by atoms with E-state index in [0.29, 0.717) is 5.01 Å². The molecule has 10 heavy (non-hydrogen) atoms. The standard InChI is InChI=1S/C5H8N2O3/c1-4(9)6-7(3-8)5(2)10/h3H,1-2H3,(H,6,9). The molecule has 0 aromatic heterocycles. The maximum atomic E-state index is 10.4. The van der Waals surface area contributed by atoms with E-state index in [2.05, 4.69) is 0 Å². The quantitative estimate of drug-likeness (QED) is 0.381. The average molecular weight is 144 g/mol. The third-order valence-corrected chi connectivity index (χ3v) is 0.723. The van der Waals surface area contributed by atoms with Crippen molar-refractivity contribution >= 4 is 18.2 Å². The second-order valence-electron chi connectivity index (χ2n) is 1.66. The summed E-state index contributed by atoms with van der Waals surface area (Å²) in [4.78, 5) is 30.6. The zero-order chi connectivity index (χ0) is 8.15. The topological polar surface area (TPSA) is 66.5 Å². The molecule has 0 saturated carbocycles. The van der Waals surface area contributed by atoms with E-state index >= 15 is 0 Å². The highest BCUT2D eigenvalue weighted by Gasteiger charge is 2.06. The van der Waals surface area contributed by atoms with Crippen molar-refractivity contribution in [3.63, 3.8) is 0 Å². The van der Waals surface area contributed by atoms with Gasteiger partial charge in [-0.15, -0.1) is 0 Å². The molecule has 0 aromatic rings. The van der Waals surface area contributed by atoms with Gasteiger partial charge < -0.3 is 0 Å². The maximum absolute atomic E-state index is 10.4. The maximum Gasteiger partial charge on any atom is 0.244 e. The predicted molar refractivity (Wildman–Crippen MR) is 32.4 cm³/mol. The Morgan fingerprint density at radius 1 is 1.40 bits per heavy atom. The molecule has 0 atom stereocenters. The van der Waals surface area contributed by atoms with Crippen LogP contribution in [0.2, 0.25) is 0 Å². The summed E-state index contributed by atoms with van der Waals surface area (Å²) in [6, 6.07) is 0. The van der Waals surface area contributed by atoms with Crippen LogP contribution in [0.3, 0.4) is 0 Å². The Bertz CT molecular complexity index is 166. The summed E-state index contributed by atoms with van der Waals surface area (Å²) in [5.41, 5.74) is 2.01. The number of amides is 3. The molecule has 0 rings (SSSR count). The lowest BCUT2D eigenvalue weighted by Crippen LogP contribution is -2.42. The normalized spacial score (nSPS) is 8.20. The van der Waals surface area contributed by atoms with Crippen LogP contribution in [0.25, 0.3) is 0 Å². The largest absolute Gasteiger partial charge is 0.276 e. The van der Waals surface area contributed by atoms with Gasteiger partial charge in [-0.3, -0.25) is 19.8 Å². The van der Waals surface area contributed by atoms with Crippen molar-refractivity contribution in [1.29, 1.82) is 0 Å². The zero-order valence-electron chi connectivity index (χ0n) is 5.75. The van der Waals surface area contributed by atoms with E-state index in [1.54, 1.807) is 0 Å². The second kappa shape index (κ2) is 3.60. The highest BCUT2D eigenvalue weighted by Crippen LogP contribution is 1.76. The Hall–Kier alpha value is -1.39. The van der Waals surface area contributed by atoms with Crippen LogP contribution in [0, 0.1) is 0 Å². The molecule has 56 valence electrons. The Balaban J connectivity index is 3.96. The van der Waals surface area contributed by atoms with E-state index in [4.69, 9.17) is 0 Å². The SMILES string of the molecule is CC(=O)NN(C=O)C(C)=O. The number of rotatable bonds is 1. The molecule has 5 nitrogen and oxygen atoms in total. The molecule has 0 aliphatic carbocycles. The van der Waals surface area contributed by atoms with Gasteiger partial charge in [-0.1, -0.05) is 0 Å². The fraction of sp³-hybridized carbons (Fsp3) is 0.400. The van der Waals surface area contributed by atoms with Crippen LogP contribution in [0.4, 0.5) is 0 Å². The molecule has 0 saturated heterocycles. The minimum atomic E-state index is -0.523. The van der Waals surface area contributed by atoms with Gasteiger partial charge in [-0.05, 0) is 0 Å². The lowest BCUT2D eigenvalue weighted by atomic mass is 10.7. The van der Waals surface area contributed by atoms with Crippen LogP contribution < -0.4 is 5.43 Å². The Morgan fingerprint density at radius 2 is 1.90 bits per heavy atom. The van der Waals surface area contributed by atoms with Crippen LogP contribution in [-0.2, 0) is 14.4 Å². The minimum Gasteiger partial charge on any atom is -0.276 e. The molecular formula is C5H8N2O3. The summed E-state index contributed by atoms with van der Waals surface area (Å²) in [5, 5.41) is 0.572. The lowest BCUT2D eigenvalue weighted by molar-refractivity contribution is -0.145. The van der Waals surface area contributed by atoms with Gasteiger partial charge in [-0.2, -0.15) is 5.01 Å². The fourth-order valence-electron chi connectivity index (χ4n) is 0.349. The molecule has 0 radical (unpaired) electrons. The van der Waals surface area contributed by atoms with E-state index in [0.717, 1.165) is 0 Å². The lowest BCUT2D eigenvalue weighted by Gasteiger charge is -2.11. The van der Waals surface area contributed by atoms with Crippen molar-refractivity contribution in [3.05, 3.63) is 0 Å². The first-order valence-electron chi connectivity index (χ1n) is 2.60. The number of hydrogen-bond donors (Lipinski definition) is 1. The first-order chi connectivity index (χ1) is 4.57. The van der Waals surface area contributed by atoms with E-state index < -0.39 is 11.8 Å². The first kappa shape index (κ1) is 8.61. The number of hydrazine groups is 1. The first-order valence-corrected chi connectivity index (χ1v) is 2.60. The molecule has 0 fully saturated rings. The number of imide groups is 1. The van der Waals surface area contributed by atoms with Crippen molar-refractivity contribution in [2.24, 2.45) is 0 Å². The Kier molecular flexibility index (Phi) is 3.10. The zero-order valence-corrected chi connectivity index (χ0v) is 5.75. The number of carbonyl (C=O) groups excluding carboxylic acids is 3. The molecular weight excluding hydrogens is 136 g/mol. The minimum absolute atomic E-state index is 0.240. The number of hydrogen-bond acceptors (Lipinski definition) is 3. The summed E-state index contributed by atoms with van der Waals surface area (Å²) >= 11 is 0. The molecule has 5 heteroatoms. The molecule has 0 heterocycles. The van der Waals surface area contributed by atoms with Gasteiger partial charge in [0, 0.05) is 13.8 Å². The number of nitrogens with zero attached hydrogens (tertiary/aromatic N) is 1. The fourth-order valence-corrected chi connectivity index (χ4v) is 0.349.